The van der Waals surface area contributed by atoms with Gasteiger partial charge in [0.25, 0.3) is 0 Å². The molecule has 1 amide bonds. The number of alkyl carbamates (subject to hydrolysis) is 1. The molecule has 0 fully saturated rings. The van der Waals surface area contributed by atoms with Crippen LogP contribution < -0.4 is 5.32 Å². The zero-order valence-corrected chi connectivity index (χ0v) is 20.9. The van der Waals surface area contributed by atoms with Crippen LogP contribution in [-0.2, 0) is 18.7 Å². The van der Waals surface area contributed by atoms with Crippen LogP contribution in [0.3, 0.4) is 0 Å². The van der Waals surface area contributed by atoms with Crippen LogP contribution in [0.5, 0.6) is 0 Å². The monoisotopic (exact) mass is 417 g/mol. The van der Waals surface area contributed by atoms with E-state index in [4.69, 9.17) is 13.9 Å². The number of carbonyl (C=O) groups excluding carboxylic acids is 2. The van der Waals surface area contributed by atoms with Crippen molar-refractivity contribution in [2.45, 2.75) is 111 Å². The van der Waals surface area contributed by atoms with Crippen LogP contribution in [0.15, 0.2) is 0 Å². The van der Waals surface area contributed by atoms with E-state index in [0.29, 0.717) is 19.4 Å². The van der Waals surface area contributed by atoms with E-state index in [-0.39, 0.29) is 17.1 Å². The lowest BCUT2D eigenvalue weighted by molar-refractivity contribution is -0.153. The lowest BCUT2D eigenvalue weighted by atomic mass is 9.94. The van der Waals surface area contributed by atoms with Gasteiger partial charge in [0.2, 0.25) is 0 Å². The maximum atomic E-state index is 12.6. The molecule has 166 valence electrons. The van der Waals surface area contributed by atoms with Crippen LogP contribution in [0.1, 0.15) is 75.2 Å². The number of carbonyl (C=O) groups is 2. The minimum atomic E-state index is -1.91. The van der Waals surface area contributed by atoms with Gasteiger partial charge >= 0.3 is 12.1 Å². The van der Waals surface area contributed by atoms with Gasteiger partial charge in [-0.05, 0) is 65.6 Å². The minimum absolute atomic E-state index is 0.0990. The smallest absolute Gasteiger partial charge is 0.407 e. The van der Waals surface area contributed by atoms with Crippen LogP contribution >= 0.6 is 0 Å². The van der Waals surface area contributed by atoms with Crippen molar-refractivity contribution in [2.24, 2.45) is 5.92 Å². The Hall–Kier alpha value is -1.08. The lowest BCUT2D eigenvalue weighted by Gasteiger charge is -2.37. The summed E-state index contributed by atoms with van der Waals surface area (Å²) in [6.45, 7) is 22.4. The predicted octanol–water partition coefficient (Wildman–Crippen LogP) is 5.27. The Morgan fingerprint density at radius 3 is 1.96 bits per heavy atom. The molecule has 28 heavy (non-hydrogen) atoms. The second-order valence-corrected chi connectivity index (χ2v) is 15.0. The number of ether oxygens (including phenoxy) is 2. The van der Waals surface area contributed by atoms with Crippen LogP contribution in [0.4, 0.5) is 4.79 Å². The van der Waals surface area contributed by atoms with Crippen LogP contribution in [0.25, 0.3) is 0 Å². The average Bonchev–Trinajstić information content (AvgIpc) is 2.43. The maximum absolute atomic E-state index is 12.6. The van der Waals surface area contributed by atoms with Gasteiger partial charge in [-0.3, -0.25) is 4.79 Å². The van der Waals surface area contributed by atoms with Crippen LogP contribution in [0.2, 0.25) is 18.1 Å². The highest BCUT2D eigenvalue weighted by Crippen LogP contribution is 2.36. The summed E-state index contributed by atoms with van der Waals surface area (Å²) in [7, 11) is -1.91. The van der Waals surface area contributed by atoms with Crippen molar-refractivity contribution >= 4 is 20.4 Å². The van der Waals surface area contributed by atoms with E-state index in [9.17, 15) is 9.59 Å². The molecule has 0 radical (unpaired) electrons. The maximum Gasteiger partial charge on any atom is 0.407 e. The summed E-state index contributed by atoms with van der Waals surface area (Å²) in [5, 5.41) is 2.98. The van der Waals surface area contributed by atoms with Crippen molar-refractivity contribution < 1.29 is 23.5 Å². The van der Waals surface area contributed by atoms with E-state index in [1.54, 1.807) is 0 Å². The largest absolute Gasteiger partial charge is 0.463 e. The average molecular weight is 418 g/mol. The molecule has 0 aromatic rings. The van der Waals surface area contributed by atoms with Gasteiger partial charge in [0.15, 0.2) is 8.32 Å². The summed E-state index contributed by atoms with van der Waals surface area (Å²) in [5.41, 5.74) is -0.605. The zero-order valence-electron chi connectivity index (χ0n) is 19.9. The second kappa shape index (κ2) is 10.6. The van der Waals surface area contributed by atoms with Crippen molar-refractivity contribution in [3.8, 4) is 0 Å². The summed E-state index contributed by atoms with van der Waals surface area (Å²) >= 11 is 0. The first kappa shape index (κ1) is 26.9. The van der Waals surface area contributed by atoms with E-state index in [1.807, 2.05) is 41.5 Å². The molecule has 0 saturated heterocycles. The quantitative estimate of drug-likeness (QED) is 0.409. The van der Waals surface area contributed by atoms with E-state index in [0.717, 1.165) is 0 Å². The second-order valence-electron chi connectivity index (χ2n) is 10.2. The third kappa shape index (κ3) is 9.91. The topological polar surface area (TPSA) is 73.9 Å². The van der Waals surface area contributed by atoms with Gasteiger partial charge in [0.05, 0.1) is 12.0 Å². The summed E-state index contributed by atoms with van der Waals surface area (Å²) in [6.07, 6.45) is 0.358. The van der Waals surface area contributed by atoms with Crippen molar-refractivity contribution in [3.05, 3.63) is 0 Å². The summed E-state index contributed by atoms with van der Waals surface area (Å²) in [5.74, 6) is -0.746. The fraction of sp³-hybridized carbons (Fsp3) is 0.905. The summed E-state index contributed by atoms with van der Waals surface area (Å²) in [4.78, 5) is 24.9. The highest BCUT2D eigenvalue weighted by atomic mass is 28.4. The Morgan fingerprint density at radius 1 is 1.04 bits per heavy atom. The first-order valence-electron chi connectivity index (χ1n) is 10.3. The van der Waals surface area contributed by atoms with E-state index >= 15 is 0 Å². The highest BCUT2D eigenvalue weighted by molar-refractivity contribution is 6.74. The predicted molar refractivity (Wildman–Crippen MR) is 116 cm³/mol. The molecule has 0 spiro atoms. The lowest BCUT2D eigenvalue weighted by Crippen LogP contribution is -2.47. The molecule has 0 aromatic carbocycles. The molecular formula is C21H43NO5Si. The van der Waals surface area contributed by atoms with Crippen molar-refractivity contribution in [2.75, 3.05) is 6.61 Å². The first-order chi connectivity index (χ1) is 12.5. The van der Waals surface area contributed by atoms with Crippen LogP contribution in [-0.4, -0.2) is 44.7 Å². The zero-order chi connectivity index (χ0) is 22.3. The van der Waals surface area contributed by atoms with Gasteiger partial charge in [0.1, 0.15) is 5.60 Å². The molecule has 0 heterocycles. The molecule has 0 unspecified atom stereocenters. The Bertz CT molecular complexity index is 506. The Morgan fingerprint density at radius 2 is 1.57 bits per heavy atom. The fourth-order valence-electron chi connectivity index (χ4n) is 2.43. The molecule has 7 heteroatoms. The minimum Gasteiger partial charge on any atom is -0.463 e. The summed E-state index contributed by atoms with van der Waals surface area (Å²) < 4.78 is 17.1. The Balaban J connectivity index is 5.26. The van der Waals surface area contributed by atoms with Crippen molar-refractivity contribution in [1.82, 2.24) is 5.32 Å². The molecule has 0 saturated carbocycles. The van der Waals surface area contributed by atoms with E-state index < -0.39 is 32.0 Å². The molecule has 0 aromatic heterocycles. The number of rotatable bonds is 9. The van der Waals surface area contributed by atoms with Gasteiger partial charge < -0.3 is 19.2 Å². The molecule has 0 aliphatic rings. The molecular weight excluding hydrogens is 374 g/mol. The SMILES string of the molecule is CC[C@H](C(=O)OC(C)C)[C@H](CCO[Si](C)(C)C(C)(C)C)NC(=O)OC(C)(C)C. The molecule has 0 bridgehead atoms. The molecule has 6 nitrogen and oxygen atoms in total. The number of amides is 1. The standard InChI is InChI=1S/C21H43NO5Si/c1-12-16(18(23)26-15(2)3)17(22-19(24)27-20(4,5)6)13-14-25-28(10,11)21(7,8)9/h15-17H,12-14H2,1-11H3,(H,22,24)/t16-,17-/m0/s1. The Kier molecular flexibility index (Phi) is 10.2. The third-order valence-corrected chi connectivity index (χ3v) is 9.52. The summed E-state index contributed by atoms with van der Waals surface area (Å²) in [6, 6.07) is -0.407. The number of hydrogen-bond acceptors (Lipinski definition) is 5. The number of nitrogens with one attached hydrogen (secondary N) is 1. The van der Waals surface area contributed by atoms with Gasteiger partial charge in [-0.2, -0.15) is 0 Å². The van der Waals surface area contributed by atoms with E-state index in [1.165, 1.54) is 0 Å². The van der Waals surface area contributed by atoms with Crippen molar-refractivity contribution in [3.63, 3.8) is 0 Å². The van der Waals surface area contributed by atoms with Gasteiger partial charge in [-0.25, -0.2) is 4.79 Å². The Labute approximate surface area is 173 Å². The van der Waals surface area contributed by atoms with Gasteiger partial charge in [-0.1, -0.05) is 27.7 Å². The van der Waals surface area contributed by atoms with Gasteiger partial charge in [0, 0.05) is 12.6 Å². The van der Waals surface area contributed by atoms with Gasteiger partial charge in [-0.15, -0.1) is 0 Å². The molecule has 0 rings (SSSR count). The van der Waals surface area contributed by atoms with Crippen LogP contribution in [0, 0.1) is 5.92 Å². The third-order valence-electron chi connectivity index (χ3n) is 4.98. The molecule has 1 N–H and O–H groups in total. The molecule has 0 aliphatic carbocycles. The number of esters is 1. The fourth-order valence-corrected chi connectivity index (χ4v) is 3.49. The first-order valence-corrected chi connectivity index (χ1v) is 13.2. The molecule has 2 atom stereocenters. The molecule has 0 aliphatic heterocycles. The normalized spacial score (nSPS) is 15.1. The van der Waals surface area contributed by atoms with Crippen molar-refractivity contribution in [1.29, 1.82) is 0 Å². The van der Waals surface area contributed by atoms with E-state index in [2.05, 4.69) is 39.2 Å². The number of hydrogen-bond donors (Lipinski definition) is 1. The highest BCUT2D eigenvalue weighted by Gasteiger charge is 2.38.